The summed E-state index contributed by atoms with van der Waals surface area (Å²) in [4.78, 5) is 1.89. The third-order valence-electron chi connectivity index (χ3n) is 3.86. The van der Waals surface area contributed by atoms with E-state index in [9.17, 15) is 8.42 Å². The van der Waals surface area contributed by atoms with E-state index in [0.717, 1.165) is 11.3 Å². The molecule has 1 aliphatic rings. The summed E-state index contributed by atoms with van der Waals surface area (Å²) >= 11 is 11.5. The van der Waals surface area contributed by atoms with Crippen LogP contribution in [0.3, 0.4) is 0 Å². The van der Waals surface area contributed by atoms with Crippen LogP contribution < -0.4 is 5.32 Å². The summed E-state index contributed by atoms with van der Waals surface area (Å²) in [5, 5.41) is 5.54. The molecule has 2 aromatic rings. The van der Waals surface area contributed by atoms with E-state index < -0.39 is 9.84 Å². The predicted molar refractivity (Wildman–Crippen MR) is 106 cm³/mol. The van der Waals surface area contributed by atoms with E-state index in [4.69, 9.17) is 23.8 Å². The SMILES string of the molecule is O=S1(=O)C=C[C@H](N(Cc2ccccc2)C(=S)Nc2ccc(Cl)cc2)C1. The highest BCUT2D eigenvalue weighted by Crippen LogP contribution is 2.20. The summed E-state index contributed by atoms with van der Waals surface area (Å²) in [5.74, 6) is 0.0300. The molecule has 1 heterocycles. The molecule has 1 aliphatic heterocycles. The molecule has 0 fully saturated rings. The van der Waals surface area contributed by atoms with Crippen LogP contribution in [-0.2, 0) is 16.4 Å². The van der Waals surface area contributed by atoms with Gasteiger partial charge in [0.05, 0.1) is 11.8 Å². The Morgan fingerprint density at radius 2 is 1.84 bits per heavy atom. The molecule has 0 unspecified atom stereocenters. The Morgan fingerprint density at radius 1 is 1.16 bits per heavy atom. The van der Waals surface area contributed by atoms with Crippen molar-refractivity contribution in [2.24, 2.45) is 0 Å². The molecule has 2 aromatic carbocycles. The standard InChI is InChI=1S/C18H17ClN2O2S2/c19-15-6-8-16(9-7-15)20-18(24)21(12-14-4-2-1-3-5-14)17-10-11-25(22,23)13-17/h1-11,17H,12-13H2,(H,20,24)/t17-/m0/s1. The Morgan fingerprint density at radius 3 is 2.44 bits per heavy atom. The monoisotopic (exact) mass is 392 g/mol. The maximum atomic E-state index is 11.8. The summed E-state index contributed by atoms with van der Waals surface area (Å²) in [7, 11) is -3.17. The largest absolute Gasteiger partial charge is 0.337 e. The van der Waals surface area contributed by atoms with E-state index in [1.54, 1.807) is 18.2 Å². The van der Waals surface area contributed by atoms with Crippen molar-refractivity contribution >= 4 is 44.5 Å². The van der Waals surface area contributed by atoms with Gasteiger partial charge in [-0.1, -0.05) is 41.9 Å². The molecule has 0 radical (unpaired) electrons. The number of rotatable bonds is 4. The van der Waals surface area contributed by atoms with Crippen LogP contribution in [0.4, 0.5) is 5.69 Å². The first kappa shape index (κ1) is 17.9. The average molecular weight is 393 g/mol. The highest BCUT2D eigenvalue weighted by molar-refractivity contribution is 7.94. The maximum absolute atomic E-state index is 11.8. The highest BCUT2D eigenvalue weighted by atomic mass is 35.5. The minimum absolute atomic E-state index is 0.0300. The second kappa shape index (κ2) is 7.56. The average Bonchev–Trinajstić information content (AvgIpc) is 2.95. The van der Waals surface area contributed by atoms with Crippen molar-refractivity contribution in [2.45, 2.75) is 12.6 Å². The van der Waals surface area contributed by atoms with Crippen molar-refractivity contribution < 1.29 is 8.42 Å². The quantitative estimate of drug-likeness (QED) is 0.801. The van der Waals surface area contributed by atoms with Crippen LogP contribution in [0.25, 0.3) is 0 Å². The van der Waals surface area contributed by atoms with Crippen molar-refractivity contribution in [1.82, 2.24) is 4.90 Å². The first-order valence-corrected chi connectivity index (χ1v) is 10.2. The molecule has 3 rings (SSSR count). The summed E-state index contributed by atoms with van der Waals surface area (Å²) in [6, 6.07) is 16.7. The molecular weight excluding hydrogens is 376 g/mol. The molecule has 0 saturated heterocycles. The Hall–Kier alpha value is -1.89. The van der Waals surface area contributed by atoms with Gasteiger partial charge in [0.2, 0.25) is 0 Å². The van der Waals surface area contributed by atoms with Gasteiger partial charge in [-0.3, -0.25) is 0 Å². The first-order chi connectivity index (χ1) is 11.9. The van der Waals surface area contributed by atoms with Crippen LogP contribution in [0.5, 0.6) is 0 Å². The molecule has 0 bridgehead atoms. The van der Waals surface area contributed by atoms with E-state index in [1.165, 1.54) is 5.41 Å². The van der Waals surface area contributed by atoms with E-state index in [2.05, 4.69) is 5.32 Å². The summed E-state index contributed by atoms with van der Waals surface area (Å²) < 4.78 is 23.6. The lowest BCUT2D eigenvalue weighted by Crippen LogP contribution is -2.42. The van der Waals surface area contributed by atoms with E-state index >= 15 is 0 Å². The number of hydrogen-bond acceptors (Lipinski definition) is 3. The Bertz CT molecular complexity index is 881. The zero-order valence-corrected chi connectivity index (χ0v) is 15.7. The van der Waals surface area contributed by atoms with E-state index in [0.29, 0.717) is 16.7 Å². The molecule has 0 aromatic heterocycles. The van der Waals surface area contributed by atoms with Crippen LogP contribution >= 0.6 is 23.8 Å². The molecule has 0 aliphatic carbocycles. The second-order valence-corrected chi connectivity index (χ2v) is 8.53. The van der Waals surface area contributed by atoms with Gasteiger partial charge in [-0.25, -0.2) is 8.42 Å². The number of anilines is 1. The van der Waals surface area contributed by atoms with Crippen molar-refractivity contribution in [2.75, 3.05) is 11.1 Å². The topological polar surface area (TPSA) is 49.4 Å². The van der Waals surface area contributed by atoms with Crippen LogP contribution in [0.15, 0.2) is 66.1 Å². The van der Waals surface area contributed by atoms with Gasteiger partial charge in [-0.15, -0.1) is 0 Å². The third-order valence-corrected chi connectivity index (χ3v) is 5.83. The van der Waals surface area contributed by atoms with Crippen molar-refractivity contribution in [1.29, 1.82) is 0 Å². The van der Waals surface area contributed by atoms with Crippen molar-refractivity contribution in [3.63, 3.8) is 0 Å². The summed E-state index contributed by atoms with van der Waals surface area (Å²) in [5.41, 5.74) is 1.86. The molecular formula is C18H17ClN2O2S2. The molecule has 7 heteroatoms. The predicted octanol–water partition coefficient (Wildman–Crippen LogP) is 3.85. The van der Waals surface area contributed by atoms with Crippen LogP contribution in [0, 0.1) is 0 Å². The number of thiocarbonyl (C=S) groups is 1. The van der Waals surface area contributed by atoms with Crippen LogP contribution in [0.1, 0.15) is 5.56 Å². The number of hydrogen-bond donors (Lipinski definition) is 1. The van der Waals surface area contributed by atoms with Crippen LogP contribution in [0.2, 0.25) is 5.02 Å². The normalized spacial score (nSPS) is 18.0. The van der Waals surface area contributed by atoms with E-state index in [-0.39, 0.29) is 11.8 Å². The second-order valence-electron chi connectivity index (χ2n) is 5.78. The van der Waals surface area contributed by atoms with Gasteiger partial charge in [-0.2, -0.15) is 0 Å². The van der Waals surface area contributed by atoms with Gasteiger partial charge in [-0.05, 0) is 48.1 Å². The fourth-order valence-electron chi connectivity index (χ4n) is 2.60. The summed E-state index contributed by atoms with van der Waals surface area (Å²) in [6.45, 7) is 0.519. The number of sulfone groups is 1. The van der Waals surface area contributed by atoms with Gasteiger partial charge in [0.1, 0.15) is 0 Å². The maximum Gasteiger partial charge on any atom is 0.174 e. The van der Waals surface area contributed by atoms with Gasteiger partial charge in [0, 0.05) is 22.7 Å². The highest BCUT2D eigenvalue weighted by Gasteiger charge is 2.28. The van der Waals surface area contributed by atoms with Gasteiger partial charge >= 0.3 is 0 Å². The molecule has 130 valence electrons. The lowest BCUT2D eigenvalue weighted by molar-refractivity contribution is 0.380. The van der Waals surface area contributed by atoms with Crippen molar-refractivity contribution in [3.05, 3.63) is 76.7 Å². The molecule has 4 nitrogen and oxygen atoms in total. The smallest absolute Gasteiger partial charge is 0.174 e. The lowest BCUT2D eigenvalue weighted by atomic mass is 10.2. The number of nitrogens with one attached hydrogen (secondary N) is 1. The Kier molecular flexibility index (Phi) is 5.42. The molecule has 0 saturated carbocycles. The molecule has 0 spiro atoms. The zero-order chi connectivity index (χ0) is 17.9. The molecule has 25 heavy (non-hydrogen) atoms. The Balaban J connectivity index is 1.81. The van der Waals surface area contributed by atoms with E-state index in [1.807, 2.05) is 47.4 Å². The minimum Gasteiger partial charge on any atom is -0.337 e. The van der Waals surface area contributed by atoms with Gasteiger partial charge < -0.3 is 10.2 Å². The number of nitrogens with zero attached hydrogens (tertiary/aromatic N) is 1. The van der Waals surface area contributed by atoms with Gasteiger partial charge in [0.25, 0.3) is 0 Å². The van der Waals surface area contributed by atoms with Gasteiger partial charge in [0.15, 0.2) is 14.9 Å². The molecule has 1 atom stereocenters. The fraction of sp³-hybridized carbons (Fsp3) is 0.167. The lowest BCUT2D eigenvalue weighted by Gasteiger charge is -2.30. The number of halogens is 1. The Labute approximate surface area is 158 Å². The zero-order valence-electron chi connectivity index (χ0n) is 13.3. The molecule has 0 amide bonds. The van der Waals surface area contributed by atoms with Crippen molar-refractivity contribution in [3.8, 4) is 0 Å². The fourth-order valence-corrected chi connectivity index (χ4v) is 4.34. The molecule has 1 N–H and O–H groups in total. The summed E-state index contributed by atoms with van der Waals surface area (Å²) in [6.07, 6.45) is 1.69. The number of benzene rings is 2. The first-order valence-electron chi connectivity index (χ1n) is 7.71. The minimum atomic E-state index is -3.17. The van der Waals surface area contributed by atoms with Crippen LogP contribution in [-0.4, -0.2) is 30.2 Å². The third kappa shape index (κ3) is 4.81.